The predicted molar refractivity (Wildman–Crippen MR) is 59.8 cm³/mol. The summed E-state index contributed by atoms with van der Waals surface area (Å²) in [6, 6.07) is 0. The molecule has 0 spiro atoms. The molecule has 14 heavy (non-hydrogen) atoms. The monoisotopic (exact) mass is 216 g/mol. The van der Waals surface area contributed by atoms with Gasteiger partial charge in [0.05, 0.1) is 0 Å². The lowest BCUT2D eigenvalue weighted by Crippen LogP contribution is -2.25. The average molecular weight is 216 g/mol. The van der Waals surface area contributed by atoms with Gasteiger partial charge in [-0.15, -0.1) is 0 Å². The second-order valence-corrected chi connectivity index (χ2v) is 5.89. The maximum Gasteiger partial charge on any atom is 0.134 e. The Morgan fingerprint density at radius 1 is 1.43 bits per heavy atom. The van der Waals surface area contributed by atoms with E-state index in [0.717, 1.165) is 31.4 Å². The molecule has 2 atom stereocenters. The highest BCUT2D eigenvalue weighted by atomic mass is 32.2. The van der Waals surface area contributed by atoms with Gasteiger partial charge in [0.15, 0.2) is 0 Å². The first kappa shape index (κ1) is 11.9. The fraction of sp³-hybridized carbons (Fsp3) is 0.909. The molecule has 0 aromatic carbocycles. The largest absolute Gasteiger partial charge is 0.300 e. The van der Waals surface area contributed by atoms with Crippen molar-refractivity contribution in [2.24, 2.45) is 0 Å². The molecule has 3 heteroatoms. The summed E-state index contributed by atoms with van der Waals surface area (Å²) in [5.41, 5.74) is 0. The number of hydrogen-bond acceptors (Lipinski definition) is 2. The van der Waals surface area contributed by atoms with Crippen molar-refractivity contribution >= 4 is 16.6 Å². The van der Waals surface area contributed by atoms with Gasteiger partial charge in [-0.3, -0.25) is 9.00 Å². The van der Waals surface area contributed by atoms with E-state index in [1.807, 2.05) is 0 Å². The third-order valence-electron chi connectivity index (χ3n) is 2.76. The van der Waals surface area contributed by atoms with E-state index in [1.165, 1.54) is 6.42 Å². The number of rotatable bonds is 5. The van der Waals surface area contributed by atoms with E-state index < -0.39 is 10.8 Å². The van der Waals surface area contributed by atoms with Gasteiger partial charge >= 0.3 is 0 Å². The Kier molecular flexibility index (Phi) is 5.38. The smallest absolute Gasteiger partial charge is 0.134 e. The van der Waals surface area contributed by atoms with Crippen LogP contribution in [0.25, 0.3) is 0 Å². The molecule has 0 saturated heterocycles. The third kappa shape index (κ3) is 3.91. The molecule has 1 aliphatic carbocycles. The summed E-state index contributed by atoms with van der Waals surface area (Å²) >= 11 is 0. The minimum absolute atomic E-state index is 0.174. The minimum atomic E-state index is -0.749. The Hall–Kier alpha value is -0.180. The van der Waals surface area contributed by atoms with Crippen LogP contribution in [0.3, 0.4) is 0 Å². The van der Waals surface area contributed by atoms with Crippen LogP contribution in [0, 0.1) is 0 Å². The lowest BCUT2D eigenvalue weighted by molar-refractivity contribution is -0.120. The maximum atomic E-state index is 11.8. The van der Waals surface area contributed by atoms with Crippen LogP contribution in [-0.4, -0.2) is 21.0 Å². The van der Waals surface area contributed by atoms with Crippen molar-refractivity contribution in [2.75, 3.05) is 5.75 Å². The topological polar surface area (TPSA) is 34.1 Å². The van der Waals surface area contributed by atoms with Gasteiger partial charge in [0, 0.05) is 34.6 Å². The summed E-state index contributed by atoms with van der Waals surface area (Å²) in [5, 5.41) is 0.174. The molecule has 0 aliphatic heterocycles. The lowest BCUT2D eigenvalue weighted by atomic mass is 9.99. The molecule has 1 aliphatic rings. The van der Waals surface area contributed by atoms with Crippen molar-refractivity contribution in [2.45, 2.75) is 57.1 Å². The van der Waals surface area contributed by atoms with E-state index in [-0.39, 0.29) is 5.25 Å². The average Bonchev–Trinajstić information content (AvgIpc) is 2.18. The van der Waals surface area contributed by atoms with Gasteiger partial charge in [0.1, 0.15) is 5.78 Å². The number of carbonyl (C=O) groups is 1. The van der Waals surface area contributed by atoms with E-state index in [4.69, 9.17) is 0 Å². The van der Waals surface area contributed by atoms with Gasteiger partial charge in [0.2, 0.25) is 0 Å². The first-order valence-electron chi connectivity index (χ1n) is 5.63. The molecule has 0 heterocycles. The van der Waals surface area contributed by atoms with Crippen LogP contribution >= 0.6 is 0 Å². The number of carbonyl (C=O) groups excluding carboxylic acids is 1. The van der Waals surface area contributed by atoms with Gasteiger partial charge in [-0.2, -0.15) is 0 Å². The highest BCUT2D eigenvalue weighted by molar-refractivity contribution is 7.85. The Morgan fingerprint density at radius 2 is 2.21 bits per heavy atom. The molecule has 0 radical (unpaired) electrons. The van der Waals surface area contributed by atoms with Crippen LogP contribution < -0.4 is 0 Å². The summed E-state index contributed by atoms with van der Waals surface area (Å²) in [6.45, 7) is 2.15. The second kappa shape index (κ2) is 6.33. The summed E-state index contributed by atoms with van der Waals surface area (Å²) < 4.78 is 11.8. The number of hydrogen-bond donors (Lipinski definition) is 0. The molecular weight excluding hydrogens is 196 g/mol. The fourth-order valence-corrected chi connectivity index (χ4v) is 3.49. The van der Waals surface area contributed by atoms with E-state index >= 15 is 0 Å². The van der Waals surface area contributed by atoms with Gasteiger partial charge < -0.3 is 0 Å². The lowest BCUT2D eigenvalue weighted by Gasteiger charge is -2.19. The third-order valence-corrected chi connectivity index (χ3v) is 4.59. The van der Waals surface area contributed by atoms with Gasteiger partial charge in [-0.05, 0) is 19.3 Å². The highest BCUT2D eigenvalue weighted by Crippen LogP contribution is 2.20. The Labute approximate surface area is 88.9 Å². The van der Waals surface area contributed by atoms with E-state index in [1.54, 1.807) is 0 Å². The molecule has 0 amide bonds. The van der Waals surface area contributed by atoms with Crippen molar-refractivity contribution in [1.29, 1.82) is 0 Å². The summed E-state index contributed by atoms with van der Waals surface area (Å²) in [4.78, 5) is 11.2. The quantitative estimate of drug-likeness (QED) is 0.661. The van der Waals surface area contributed by atoms with Gasteiger partial charge in [-0.1, -0.05) is 19.8 Å². The Morgan fingerprint density at radius 3 is 2.86 bits per heavy atom. The predicted octanol–water partition coefficient (Wildman–Crippen LogP) is 2.44. The van der Waals surface area contributed by atoms with Gasteiger partial charge in [0.25, 0.3) is 0 Å². The first-order valence-corrected chi connectivity index (χ1v) is 7.01. The summed E-state index contributed by atoms with van der Waals surface area (Å²) in [7, 11) is -0.749. The zero-order valence-corrected chi connectivity index (χ0v) is 9.78. The molecule has 0 N–H and O–H groups in total. The molecule has 1 rings (SSSR count). The van der Waals surface area contributed by atoms with Gasteiger partial charge in [-0.25, -0.2) is 0 Å². The molecule has 0 aromatic rings. The van der Waals surface area contributed by atoms with Crippen LogP contribution in [0.1, 0.15) is 51.9 Å². The second-order valence-electron chi connectivity index (χ2n) is 4.05. The van der Waals surface area contributed by atoms with Crippen LogP contribution in [-0.2, 0) is 15.6 Å². The van der Waals surface area contributed by atoms with Crippen molar-refractivity contribution in [1.82, 2.24) is 0 Å². The van der Waals surface area contributed by atoms with E-state index in [2.05, 4.69) is 6.92 Å². The molecule has 2 nitrogen and oxygen atoms in total. The van der Waals surface area contributed by atoms with Crippen molar-refractivity contribution < 1.29 is 9.00 Å². The van der Waals surface area contributed by atoms with E-state index in [9.17, 15) is 9.00 Å². The number of ketones is 1. The summed E-state index contributed by atoms with van der Waals surface area (Å²) in [5.74, 6) is 1.11. The minimum Gasteiger partial charge on any atom is -0.300 e. The molecule has 1 fully saturated rings. The fourth-order valence-electron chi connectivity index (χ4n) is 1.87. The Bertz CT molecular complexity index is 213. The zero-order valence-electron chi connectivity index (χ0n) is 8.96. The SMILES string of the molecule is CCCCCS(=O)C1CCCC(=O)C1. The molecule has 2 unspecified atom stereocenters. The molecule has 0 aromatic heterocycles. The zero-order chi connectivity index (χ0) is 10.4. The highest BCUT2D eigenvalue weighted by Gasteiger charge is 2.23. The van der Waals surface area contributed by atoms with E-state index in [0.29, 0.717) is 18.6 Å². The standard InChI is InChI=1S/C11H20O2S/c1-2-3-4-8-14(13)11-7-5-6-10(12)9-11/h11H,2-9H2,1H3. The molecule has 1 saturated carbocycles. The molecule has 82 valence electrons. The Balaban J connectivity index is 2.25. The summed E-state index contributed by atoms with van der Waals surface area (Å²) in [6.07, 6.45) is 6.59. The van der Waals surface area contributed by atoms with Crippen LogP contribution in [0.4, 0.5) is 0 Å². The van der Waals surface area contributed by atoms with Crippen LogP contribution in [0.5, 0.6) is 0 Å². The molecular formula is C11H20O2S. The first-order chi connectivity index (χ1) is 6.74. The molecule has 0 bridgehead atoms. The normalized spacial score (nSPS) is 24.9. The van der Waals surface area contributed by atoms with Crippen molar-refractivity contribution in [3.8, 4) is 0 Å². The van der Waals surface area contributed by atoms with Crippen molar-refractivity contribution in [3.05, 3.63) is 0 Å². The number of unbranched alkanes of at least 4 members (excludes halogenated alkanes) is 2. The van der Waals surface area contributed by atoms with Crippen LogP contribution in [0.2, 0.25) is 0 Å². The number of Topliss-reactive ketones (excluding diaryl/α,β-unsaturated/α-hetero) is 1. The van der Waals surface area contributed by atoms with Crippen LogP contribution in [0.15, 0.2) is 0 Å². The maximum absolute atomic E-state index is 11.8. The van der Waals surface area contributed by atoms with Crippen molar-refractivity contribution in [3.63, 3.8) is 0 Å².